The van der Waals surface area contributed by atoms with Gasteiger partial charge in [0, 0.05) is 41.5 Å². The van der Waals surface area contributed by atoms with Gasteiger partial charge >= 0.3 is 0 Å². The number of nitrogens with one attached hydrogen (secondary N) is 1. The maximum atomic E-state index is 6.28. The smallest absolute Gasteiger partial charge is 0.183 e. The van der Waals surface area contributed by atoms with Gasteiger partial charge in [0.15, 0.2) is 5.13 Å². The Hall–Kier alpha value is -1.14. The summed E-state index contributed by atoms with van der Waals surface area (Å²) in [7, 11) is 0. The third-order valence-electron chi connectivity index (χ3n) is 4.44. The van der Waals surface area contributed by atoms with E-state index >= 15 is 0 Å². The average Bonchev–Trinajstić information content (AvgIpc) is 3.11. The molecule has 4 nitrogen and oxygen atoms in total. The maximum absolute atomic E-state index is 6.28. The van der Waals surface area contributed by atoms with Gasteiger partial charge in [-0.1, -0.05) is 23.7 Å². The Morgan fingerprint density at radius 3 is 3.04 bits per heavy atom. The van der Waals surface area contributed by atoms with E-state index in [0.717, 1.165) is 68.1 Å². The molecule has 122 valence electrons. The summed E-state index contributed by atoms with van der Waals surface area (Å²) in [5.74, 6) is 0. The quantitative estimate of drug-likeness (QED) is 0.715. The van der Waals surface area contributed by atoms with Gasteiger partial charge in [0.1, 0.15) is 0 Å². The molecule has 0 atom stereocenters. The normalized spacial score (nSPS) is 17.1. The highest BCUT2D eigenvalue weighted by Crippen LogP contribution is 2.43. The zero-order chi connectivity index (χ0) is 15.6. The van der Waals surface area contributed by atoms with Crippen molar-refractivity contribution >= 4 is 28.1 Å². The van der Waals surface area contributed by atoms with Gasteiger partial charge in [-0.3, -0.25) is 4.90 Å². The molecule has 1 fully saturated rings. The van der Waals surface area contributed by atoms with Crippen molar-refractivity contribution in [3.05, 3.63) is 33.7 Å². The van der Waals surface area contributed by atoms with Crippen LogP contribution >= 0.6 is 22.9 Å². The Balaban J connectivity index is 1.33. The number of morpholine rings is 1. The van der Waals surface area contributed by atoms with Crippen molar-refractivity contribution in [3.63, 3.8) is 0 Å². The molecule has 1 aromatic carbocycles. The van der Waals surface area contributed by atoms with E-state index in [2.05, 4.69) is 16.3 Å². The lowest BCUT2D eigenvalue weighted by molar-refractivity contribution is 0.0378. The van der Waals surface area contributed by atoms with Gasteiger partial charge < -0.3 is 10.1 Å². The number of halogens is 1. The summed E-state index contributed by atoms with van der Waals surface area (Å²) in [6.07, 6.45) is 2.05. The average molecular weight is 350 g/mol. The van der Waals surface area contributed by atoms with Crippen LogP contribution in [0.5, 0.6) is 0 Å². The number of ether oxygens (including phenoxy) is 1. The molecule has 4 rings (SSSR count). The van der Waals surface area contributed by atoms with Gasteiger partial charge in [-0.05, 0) is 24.6 Å². The van der Waals surface area contributed by atoms with E-state index in [1.165, 1.54) is 16.0 Å². The van der Waals surface area contributed by atoms with Crippen molar-refractivity contribution in [3.8, 4) is 11.3 Å². The largest absolute Gasteiger partial charge is 0.379 e. The fraction of sp³-hybridized carbons (Fsp3) is 0.471. The van der Waals surface area contributed by atoms with Gasteiger partial charge in [0.05, 0.1) is 18.9 Å². The molecule has 6 heteroatoms. The van der Waals surface area contributed by atoms with Gasteiger partial charge in [-0.2, -0.15) is 0 Å². The van der Waals surface area contributed by atoms with Crippen LogP contribution in [0.4, 0.5) is 5.13 Å². The highest BCUT2D eigenvalue weighted by atomic mass is 35.5. The van der Waals surface area contributed by atoms with Crippen molar-refractivity contribution < 1.29 is 4.74 Å². The summed E-state index contributed by atoms with van der Waals surface area (Å²) in [5, 5.41) is 5.36. The number of anilines is 1. The van der Waals surface area contributed by atoms with E-state index in [1.54, 1.807) is 11.3 Å². The topological polar surface area (TPSA) is 37.4 Å². The molecule has 2 aromatic rings. The highest BCUT2D eigenvalue weighted by Gasteiger charge is 2.24. The molecule has 0 spiro atoms. The molecule has 1 aliphatic carbocycles. The molecule has 2 heterocycles. The molecule has 0 amide bonds. The first-order valence-corrected chi connectivity index (χ1v) is 9.32. The number of thiazole rings is 1. The Bertz CT molecular complexity index is 697. The second-order valence-electron chi connectivity index (χ2n) is 5.97. The molecule has 1 aromatic heterocycles. The summed E-state index contributed by atoms with van der Waals surface area (Å²) in [6, 6.07) is 6.09. The zero-order valence-corrected chi connectivity index (χ0v) is 14.6. The van der Waals surface area contributed by atoms with Gasteiger partial charge in [0.2, 0.25) is 0 Å². The van der Waals surface area contributed by atoms with Crippen LogP contribution in [0.2, 0.25) is 5.02 Å². The second kappa shape index (κ2) is 6.77. The highest BCUT2D eigenvalue weighted by molar-refractivity contribution is 7.16. The summed E-state index contributed by atoms with van der Waals surface area (Å²) in [4.78, 5) is 8.56. The Labute approximate surface area is 145 Å². The van der Waals surface area contributed by atoms with Crippen molar-refractivity contribution in [2.24, 2.45) is 0 Å². The lowest BCUT2D eigenvalue weighted by Crippen LogP contribution is -2.37. The molecule has 23 heavy (non-hydrogen) atoms. The Morgan fingerprint density at radius 2 is 2.17 bits per heavy atom. The second-order valence-corrected chi connectivity index (χ2v) is 7.46. The molecule has 0 unspecified atom stereocenters. The van der Waals surface area contributed by atoms with E-state index in [-0.39, 0.29) is 0 Å². The SMILES string of the molecule is Clc1cccc2c1Cc1sc(NCCCN3CCOCC3)nc1-2. The lowest BCUT2D eigenvalue weighted by atomic mass is 10.1. The molecule has 0 radical (unpaired) electrons. The third kappa shape index (κ3) is 3.24. The molecule has 1 saturated heterocycles. The molecule has 1 N–H and O–H groups in total. The van der Waals surface area contributed by atoms with Gasteiger partial charge in [-0.25, -0.2) is 4.98 Å². The van der Waals surface area contributed by atoms with Crippen LogP contribution in [0, 0.1) is 0 Å². The van der Waals surface area contributed by atoms with Crippen LogP contribution in [0.25, 0.3) is 11.3 Å². The predicted octanol–water partition coefficient (Wildman–Crippen LogP) is 3.50. The molecule has 2 aliphatic rings. The van der Waals surface area contributed by atoms with E-state index in [0.29, 0.717) is 0 Å². The van der Waals surface area contributed by atoms with E-state index < -0.39 is 0 Å². The van der Waals surface area contributed by atoms with E-state index in [4.69, 9.17) is 21.3 Å². The first kappa shape index (κ1) is 15.4. The number of nitrogens with zero attached hydrogens (tertiary/aromatic N) is 2. The van der Waals surface area contributed by atoms with Crippen molar-refractivity contribution in [1.82, 2.24) is 9.88 Å². The monoisotopic (exact) mass is 349 g/mol. The van der Waals surface area contributed by atoms with Crippen molar-refractivity contribution in [1.29, 1.82) is 0 Å². The Morgan fingerprint density at radius 1 is 1.30 bits per heavy atom. The first-order valence-electron chi connectivity index (χ1n) is 8.13. The minimum absolute atomic E-state index is 0.854. The summed E-state index contributed by atoms with van der Waals surface area (Å²) in [5.41, 5.74) is 3.54. The van der Waals surface area contributed by atoms with Crippen LogP contribution in [0.1, 0.15) is 16.9 Å². The molecule has 0 saturated carbocycles. The number of aromatic nitrogens is 1. The van der Waals surface area contributed by atoms with Crippen LogP contribution in [0.15, 0.2) is 18.2 Å². The van der Waals surface area contributed by atoms with Crippen LogP contribution in [0.3, 0.4) is 0 Å². The molecule has 0 bridgehead atoms. The maximum Gasteiger partial charge on any atom is 0.183 e. The lowest BCUT2D eigenvalue weighted by Gasteiger charge is -2.26. The van der Waals surface area contributed by atoms with Crippen LogP contribution < -0.4 is 5.32 Å². The van der Waals surface area contributed by atoms with Crippen LogP contribution in [-0.4, -0.2) is 49.3 Å². The van der Waals surface area contributed by atoms with Gasteiger partial charge in [-0.15, -0.1) is 11.3 Å². The number of hydrogen-bond donors (Lipinski definition) is 1. The van der Waals surface area contributed by atoms with Crippen molar-refractivity contribution in [2.45, 2.75) is 12.8 Å². The Kier molecular flexibility index (Phi) is 4.53. The molecule has 1 aliphatic heterocycles. The zero-order valence-electron chi connectivity index (χ0n) is 13.0. The molecular formula is C17H20ClN3OS. The fourth-order valence-electron chi connectivity index (χ4n) is 3.20. The third-order valence-corrected chi connectivity index (χ3v) is 5.81. The number of fused-ring (bicyclic) bond motifs is 3. The van der Waals surface area contributed by atoms with Crippen LogP contribution in [-0.2, 0) is 11.2 Å². The van der Waals surface area contributed by atoms with Crippen molar-refractivity contribution in [2.75, 3.05) is 44.7 Å². The minimum Gasteiger partial charge on any atom is -0.379 e. The first-order chi connectivity index (χ1) is 11.3. The standard InChI is InChI=1S/C17H20ClN3OS/c18-14-4-1-3-12-13(14)11-15-16(12)20-17(23-15)19-5-2-6-21-7-9-22-10-8-21/h1,3-4H,2,5-11H2,(H,19,20). The minimum atomic E-state index is 0.854. The number of benzene rings is 1. The molecular weight excluding hydrogens is 330 g/mol. The van der Waals surface area contributed by atoms with E-state index in [9.17, 15) is 0 Å². The van der Waals surface area contributed by atoms with Gasteiger partial charge in [0.25, 0.3) is 0 Å². The number of hydrogen-bond acceptors (Lipinski definition) is 5. The summed E-state index contributed by atoms with van der Waals surface area (Å²) in [6.45, 7) is 5.95. The summed E-state index contributed by atoms with van der Waals surface area (Å²) >= 11 is 8.04. The van der Waals surface area contributed by atoms with E-state index in [1.807, 2.05) is 12.1 Å². The summed E-state index contributed by atoms with van der Waals surface area (Å²) < 4.78 is 5.37. The number of rotatable bonds is 5. The predicted molar refractivity (Wildman–Crippen MR) is 95.7 cm³/mol. The fourth-order valence-corrected chi connectivity index (χ4v) is 4.46.